The molecule has 0 amide bonds. The third-order valence-electron chi connectivity index (χ3n) is 3.14. The largest absolute Gasteiger partial charge is 0.481 e. The first-order valence-electron chi connectivity index (χ1n) is 7.23. The van der Waals surface area contributed by atoms with Crippen LogP contribution < -0.4 is 4.90 Å². The van der Waals surface area contributed by atoms with Crippen LogP contribution in [0.2, 0.25) is 0 Å². The molecule has 0 aliphatic rings. The standard InChI is InChI=1S/C16H25NO4/c1-14-4-6-15(7-5-14)17(10-8-16(18)19)9-3-11-21-13-12-20-2/h4-7H,3,8-13H2,1-2H3,(H,18,19). The van der Waals surface area contributed by atoms with Gasteiger partial charge in [-0.05, 0) is 25.5 Å². The highest BCUT2D eigenvalue weighted by Gasteiger charge is 2.08. The number of carboxylic acids is 1. The molecule has 0 radical (unpaired) electrons. The summed E-state index contributed by atoms with van der Waals surface area (Å²) in [6.45, 7) is 5.17. The first-order valence-corrected chi connectivity index (χ1v) is 7.23. The van der Waals surface area contributed by atoms with Crippen LogP contribution in [0.1, 0.15) is 18.4 Å². The maximum atomic E-state index is 10.8. The van der Waals surface area contributed by atoms with Crippen molar-refractivity contribution in [2.24, 2.45) is 0 Å². The molecule has 118 valence electrons. The van der Waals surface area contributed by atoms with Crippen molar-refractivity contribution in [3.63, 3.8) is 0 Å². The third kappa shape index (κ3) is 7.68. The summed E-state index contributed by atoms with van der Waals surface area (Å²) in [7, 11) is 1.65. The van der Waals surface area contributed by atoms with E-state index in [1.807, 2.05) is 31.2 Å². The van der Waals surface area contributed by atoms with E-state index in [-0.39, 0.29) is 6.42 Å². The van der Waals surface area contributed by atoms with Crippen molar-refractivity contribution in [1.29, 1.82) is 0 Å². The van der Waals surface area contributed by atoms with Crippen LogP contribution in [0.15, 0.2) is 24.3 Å². The molecule has 1 aromatic rings. The monoisotopic (exact) mass is 295 g/mol. The lowest BCUT2D eigenvalue weighted by atomic mass is 10.2. The lowest BCUT2D eigenvalue weighted by Crippen LogP contribution is -2.28. The van der Waals surface area contributed by atoms with Gasteiger partial charge in [-0.2, -0.15) is 0 Å². The lowest BCUT2D eigenvalue weighted by molar-refractivity contribution is -0.136. The third-order valence-corrected chi connectivity index (χ3v) is 3.14. The Morgan fingerprint density at radius 1 is 1.14 bits per heavy atom. The number of nitrogens with zero attached hydrogens (tertiary/aromatic N) is 1. The van der Waals surface area contributed by atoms with Crippen LogP contribution in [-0.2, 0) is 14.3 Å². The molecule has 0 saturated carbocycles. The summed E-state index contributed by atoms with van der Waals surface area (Å²) in [5, 5.41) is 8.86. The average Bonchev–Trinajstić information content (AvgIpc) is 2.46. The molecule has 0 fully saturated rings. The van der Waals surface area contributed by atoms with Crippen molar-refractivity contribution in [3.05, 3.63) is 29.8 Å². The van der Waals surface area contributed by atoms with E-state index in [0.717, 1.165) is 18.7 Å². The molecule has 1 N–H and O–H groups in total. The summed E-state index contributed by atoms with van der Waals surface area (Å²) in [6, 6.07) is 8.14. The highest BCUT2D eigenvalue weighted by atomic mass is 16.5. The van der Waals surface area contributed by atoms with Gasteiger partial charge in [0.25, 0.3) is 0 Å². The van der Waals surface area contributed by atoms with Gasteiger partial charge in [-0.3, -0.25) is 4.79 Å². The van der Waals surface area contributed by atoms with E-state index in [0.29, 0.717) is 26.4 Å². The fourth-order valence-corrected chi connectivity index (χ4v) is 1.96. The number of aryl methyl sites for hydroxylation is 1. The molecule has 0 unspecified atom stereocenters. The minimum absolute atomic E-state index is 0.137. The minimum Gasteiger partial charge on any atom is -0.481 e. The normalized spacial score (nSPS) is 10.6. The predicted octanol–water partition coefficient (Wildman–Crippen LogP) is 2.33. The molecule has 0 spiro atoms. The Kier molecular flexibility index (Phi) is 8.47. The summed E-state index contributed by atoms with van der Waals surface area (Å²) in [5.74, 6) is -0.775. The number of methoxy groups -OCH3 is 1. The molecule has 0 heterocycles. The summed E-state index contributed by atoms with van der Waals surface area (Å²) in [6.07, 6.45) is 0.996. The Balaban J connectivity index is 2.44. The van der Waals surface area contributed by atoms with Gasteiger partial charge in [-0.1, -0.05) is 17.7 Å². The molecule has 0 aromatic heterocycles. The summed E-state index contributed by atoms with van der Waals surface area (Å²) >= 11 is 0. The fourth-order valence-electron chi connectivity index (χ4n) is 1.96. The van der Waals surface area contributed by atoms with Crippen molar-refractivity contribution in [3.8, 4) is 0 Å². The number of benzene rings is 1. The summed E-state index contributed by atoms with van der Waals surface area (Å²) < 4.78 is 10.4. The molecule has 0 saturated heterocycles. The van der Waals surface area contributed by atoms with Crippen LogP contribution in [0.5, 0.6) is 0 Å². The Hall–Kier alpha value is -1.59. The smallest absolute Gasteiger partial charge is 0.305 e. The van der Waals surface area contributed by atoms with E-state index in [1.165, 1.54) is 5.56 Å². The van der Waals surface area contributed by atoms with Crippen LogP contribution in [0.25, 0.3) is 0 Å². The number of anilines is 1. The van der Waals surface area contributed by atoms with Gasteiger partial charge in [0.2, 0.25) is 0 Å². The molecule has 0 atom stereocenters. The van der Waals surface area contributed by atoms with Crippen molar-refractivity contribution < 1.29 is 19.4 Å². The van der Waals surface area contributed by atoms with Gasteiger partial charge in [-0.15, -0.1) is 0 Å². The second-order valence-corrected chi connectivity index (χ2v) is 4.93. The maximum Gasteiger partial charge on any atom is 0.305 e. The fraction of sp³-hybridized carbons (Fsp3) is 0.562. The van der Waals surface area contributed by atoms with Crippen LogP contribution >= 0.6 is 0 Å². The molecular weight excluding hydrogens is 270 g/mol. The van der Waals surface area contributed by atoms with E-state index in [4.69, 9.17) is 14.6 Å². The number of rotatable bonds is 11. The topological polar surface area (TPSA) is 59.0 Å². The van der Waals surface area contributed by atoms with Crippen LogP contribution in [0.3, 0.4) is 0 Å². The average molecular weight is 295 g/mol. The molecule has 21 heavy (non-hydrogen) atoms. The zero-order valence-electron chi connectivity index (χ0n) is 12.9. The predicted molar refractivity (Wildman–Crippen MR) is 83.0 cm³/mol. The van der Waals surface area contributed by atoms with Crippen molar-refractivity contribution in [2.45, 2.75) is 19.8 Å². The zero-order chi connectivity index (χ0) is 15.5. The van der Waals surface area contributed by atoms with Gasteiger partial charge < -0.3 is 19.5 Å². The molecule has 0 aliphatic heterocycles. The van der Waals surface area contributed by atoms with E-state index in [2.05, 4.69) is 4.90 Å². The van der Waals surface area contributed by atoms with Gasteiger partial charge in [0.05, 0.1) is 19.6 Å². The Bertz CT molecular complexity index is 405. The van der Waals surface area contributed by atoms with Crippen molar-refractivity contribution in [1.82, 2.24) is 0 Å². The quantitative estimate of drug-likeness (QED) is 0.635. The van der Waals surface area contributed by atoms with Gasteiger partial charge in [-0.25, -0.2) is 0 Å². The second-order valence-electron chi connectivity index (χ2n) is 4.93. The summed E-state index contributed by atoms with van der Waals surface area (Å²) in [5.41, 5.74) is 2.25. The van der Waals surface area contributed by atoms with Gasteiger partial charge >= 0.3 is 5.97 Å². The van der Waals surface area contributed by atoms with E-state index in [9.17, 15) is 4.79 Å². The molecular formula is C16H25NO4. The first-order chi connectivity index (χ1) is 10.1. The Morgan fingerprint density at radius 2 is 1.86 bits per heavy atom. The molecule has 1 rings (SSSR count). The van der Waals surface area contributed by atoms with Gasteiger partial charge in [0.15, 0.2) is 0 Å². The van der Waals surface area contributed by atoms with Crippen LogP contribution in [-0.4, -0.2) is 51.1 Å². The summed E-state index contributed by atoms with van der Waals surface area (Å²) in [4.78, 5) is 12.9. The molecule has 5 heteroatoms. The number of carbonyl (C=O) groups is 1. The molecule has 1 aromatic carbocycles. The number of hydrogen-bond acceptors (Lipinski definition) is 4. The first kappa shape index (κ1) is 17.5. The van der Waals surface area contributed by atoms with E-state index < -0.39 is 5.97 Å². The number of hydrogen-bond donors (Lipinski definition) is 1. The zero-order valence-corrected chi connectivity index (χ0v) is 12.9. The van der Waals surface area contributed by atoms with Gasteiger partial charge in [0, 0.05) is 32.5 Å². The van der Waals surface area contributed by atoms with E-state index >= 15 is 0 Å². The number of ether oxygens (including phenoxy) is 2. The highest BCUT2D eigenvalue weighted by Crippen LogP contribution is 2.16. The van der Waals surface area contributed by atoms with Crippen LogP contribution in [0, 0.1) is 6.92 Å². The Labute approximate surface area is 126 Å². The van der Waals surface area contributed by atoms with Crippen LogP contribution in [0.4, 0.5) is 5.69 Å². The van der Waals surface area contributed by atoms with E-state index in [1.54, 1.807) is 7.11 Å². The number of carboxylic acid groups (broad SMARTS) is 1. The van der Waals surface area contributed by atoms with Crippen molar-refractivity contribution >= 4 is 11.7 Å². The molecule has 5 nitrogen and oxygen atoms in total. The highest BCUT2D eigenvalue weighted by molar-refractivity contribution is 5.67. The number of aliphatic carboxylic acids is 1. The van der Waals surface area contributed by atoms with Crippen molar-refractivity contribution in [2.75, 3.05) is 44.9 Å². The molecule has 0 aliphatic carbocycles. The SMILES string of the molecule is COCCOCCCN(CCC(=O)O)c1ccc(C)cc1. The van der Waals surface area contributed by atoms with Gasteiger partial charge in [0.1, 0.15) is 0 Å². The lowest BCUT2D eigenvalue weighted by Gasteiger charge is -2.24. The molecule has 0 bridgehead atoms. The minimum atomic E-state index is -0.775. The Morgan fingerprint density at radius 3 is 2.48 bits per heavy atom. The maximum absolute atomic E-state index is 10.8. The second kappa shape index (κ2) is 10.2.